The van der Waals surface area contributed by atoms with Gasteiger partial charge in [-0.15, -0.1) is 0 Å². The van der Waals surface area contributed by atoms with Crippen molar-refractivity contribution in [2.24, 2.45) is 11.7 Å². The summed E-state index contributed by atoms with van der Waals surface area (Å²) < 4.78 is 29.4. The second-order valence-electron chi connectivity index (χ2n) is 5.92. The SMILES string of the molecule is CSC1CCCC(NS(=O)(=O)N2CCC(CN)CC2)C1. The Morgan fingerprint density at radius 3 is 2.55 bits per heavy atom. The van der Waals surface area contributed by atoms with E-state index in [4.69, 9.17) is 5.73 Å². The molecule has 0 aromatic rings. The maximum absolute atomic E-state index is 12.4. The molecule has 0 bridgehead atoms. The maximum atomic E-state index is 12.4. The Bertz CT molecular complexity index is 394. The third kappa shape index (κ3) is 4.34. The summed E-state index contributed by atoms with van der Waals surface area (Å²) in [5.41, 5.74) is 5.65. The quantitative estimate of drug-likeness (QED) is 0.797. The van der Waals surface area contributed by atoms with Crippen molar-refractivity contribution in [2.75, 3.05) is 25.9 Å². The lowest BCUT2D eigenvalue weighted by Gasteiger charge is -2.34. The topological polar surface area (TPSA) is 75.4 Å². The second-order valence-corrected chi connectivity index (χ2v) is 8.76. The van der Waals surface area contributed by atoms with Crippen molar-refractivity contribution in [1.29, 1.82) is 0 Å². The van der Waals surface area contributed by atoms with Gasteiger partial charge in [-0.1, -0.05) is 6.42 Å². The van der Waals surface area contributed by atoms with Crippen LogP contribution in [0.15, 0.2) is 0 Å². The maximum Gasteiger partial charge on any atom is 0.279 e. The highest BCUT2D eigenvalue weighted by Crippen LogP contribution is 2.28. The van der Waals surface area contributed by atoms with Crippen LogP contribution in [0.2, 0.25) is 0 Å². The smallest absolute Gasteiger partial charge is 0.279 e. The van der Waals surface area contributed by atoms with Crippen LogP contribution in [0, 0.1) is 5.92 Å². The van der Waals surface area contributed by atoms with Crippen LogP contribution in [0.4, 0.5) is 0 Å². The monoisotopic (exact) mass is 321 g/mol. The molecular formula is C13H27N3O2S2. The third-order valence-corrected chi connectivity index (χ3v) is 7.29. The van der Waals surface area contributed by atoms with E-state index in [2.05, 4.69) is 11.0 Å². The van der Waals surface area contributed by atoms with Gasteiger partial charge >= 0.3 is 0 Å². The van der Waals surface area contributed by atoms with Crippen molar-refractivity contribution < 1.29 is 8.42 Å². The molecule has 1 saturated carbocycles. The average molecular weight is 322 g/mol. The summed E-state index contributed by atoms with van der Waals surface area (Å²) in [5, 5.41) is 0.597. The molecule has 2 aliphatic rings. The fourth-order valence-corrected chi connectivity index (χ4v) is 5.44. The summed E-state index contributed by atoms with van der Waals surface area (Å²) in [7, 11) is -3.31. The van der Waals surface area contributed by atoms with Crippen LogP contribution in [0.1, 0.15) is 38.5 Å². The third-order valence-electron chi connectivity index (χ3n) is 4.52. The lowest BCUT2D eigenvalue weighted by Crippen LogP contribution is -2.49. The summed E-state index contributed by atoms with van der Waals surface area (Å²) >= 11 is 1.85. The first kappa shape index (κ1) is 16.5. The molecule has 1 saturated heterocycles. The van der Waals surface area contributed by atoms with Crippen LogP contribution < -0.4 is 10.5 Å². The molecule has 2 unspecified atom stereocenters. The molecule has 2 rings (SSSR count). The minimum atomic E-state index is -3.31. The summed E-state index contributed by atoms with van der Waals surface area (Å²) in [6.07, 6.45) is 8.13. The molecule has 2 fully saturated rings. The molecule has 20 heavy (non-hydrogen) atoms. The Hall–Kier alpha value is 0.180. The first-order chi connectivity index (χ1) is 9.55. The number of nitrogens with zero attached hydrogens (tertiary/aromatic N) is 1. The Balaban J connectivity index is 1.87. The van der Waals surface area contributed by atoms with Gasteiger partial charge in [-0.05, 0) is 50.8 Å². The Morgan fingerprint density at radius 1 is 1.25 bits per heavy atom. The van der Waals surface area contributed by atoms with Gasteiger partial charge in [0.15, 0.2) is 0 Å². The van der Waals surface area contributed by atoms with Crippen molar-refractivity contribution in [2.45, 2.75) is 49.8 Å². The Morgan fingerprint density at radius 2 is 1.95 bits per heavy atom. The van der Waals surface area contributed by atoms with Crippen LogP contribution in [0.3, 0.4) is 0 Å². The van der Waals surface area contributed by atoms with E-state index in [9.17, 15) is 8.42 Å². The second kappa shape index (κ2) is 7.45. The number of thioether (sulfide) groups is 1. The predicted octanol–water partition coefficient (Wildman–Crippen LogP) is 1.17. The zero-order valence-corrected chi connectivity index (χ0v) is 13.9. The van der Waals surface area contributed by atoms with Crippen molar-refractivity contribution >= 4 is 22.0 Å². The number of hydrogen-bond donors (Lipinski definition) is 2. The Labute approximate surface area is 127 Å². The van der Waals surface area contributed by atoms with Crippen molar-refractivity contribution in [3.05, 3.63) is 0 Å². The molecule has 0 radical (unpaired) electrons. The number of nitrogens with one attached hydrogen (secondary N) is 1. The van der Waals surface area contributed by atoms with Gasteiger partial charge in [0, 0.05) is 24.4 Å². The fraction of sp³-hybridized carbons (Fsp3) is 1.00. The highest BCUT2D eigenvalue weighted by atomic mass is 32.2. The van der Waals surface area contributed by atoms with Crippen LogP contribution >= 0.6 is 11.8 Å². The molecule has 1 aliphatic carbocycles. The van der Waals surface area contributed by atoms with Gasteiger partial charge in [0.25, 0.3) is 10.2 Å². The molecular weight excluding hydrogens is 294 g/mol. The van der Waals surface area contributed by atoms with E-state index in [1.165, 1.54) is 6.42 Å². The van der Waals surface area contributed by atoms with Gasteiger partial charge in [-0.3, -0.25) is 0 Å². The molecule has 2 atom stereocenters. The van der Waals surface area contributed by atoms with Gasteiger partial charge in [0.2, 0.25) is 0 Å². The standard InChI is InChI=1S/C13H27N3O2S2/c1-19-13-4-2-3-12(9-13)15-20(17,18)16-7-5-11(10-14)6-8-16/h11-13,15H,2-10,14H2,1H3. The molecule has 0 spiro atoms. The summed E-state index contributed by atoms with van der Waals surface area (Å²) in [6, 6.07) is 0.110. The summed E-state index contributed by atoms with van der Waals surface area (Å²) in [5.74, 6) is 0.483. The van der Waals surface area contributed by atoms with Gasteiger partial charge in [0.05, 0.1) is 0 Å². The van der Waals surface area contributed by atoms with Gasteiger partial charge in [0.1, 0.15) is 0 Å². The molecule has 1 heterocycles. The van der Waals surface area contributed by atoms with E-state index in [1.807, 2.05) is 11.8 Å². The number of nitrogens with two attached hydrogens (primary N) is 1. The highest BCUT2D eigenvalue weighted by Gasteiger charge is 2.31. The zero-order chi connectivity index (χ0) is 14.6. The van der Waals surface area contributed by atoms with Gasteiger partial charge in [-0.2, -0.15) is 29.2 Å². The zero-order valence-electron chi connectivity index (χ0n) is 12.3. The Kier molecular flexibility index (Phi) is 6.16. The number of hydrogen-bond acceptors (Lipinski definition) is 4. The molecule has 0 amide bonds. The first-order valence-electron chi connectivity index (χ1n) is 7.55. The van der Waals surface area contributed by atoms with Gasteiger partial charge in [-0.25, -0.2) is 0 Å². The van der Waals surface area contributed by atoms with Crippen LogP contribution in [0.25, 0.3) is 0 Å². The minimum absolute atomic E-state index is 0.110. The van der Waals surface area contributed by atoms with E-state index in [0.717, 1.165) is 32.1 Å². The average Bonchev–Trinajstić information content (AvgIpc) is 2.47. The first-order valence-corrected chi connectivity index (χ1v) is 10.3. The molecule has 0 aromatic heterocycles. The molecule has 3 N–H and O–H groups in total. The minimum Gasteiger partial charge on any atom is -0.330 e. The van der Waals surface area contributed by atoms with E-state index in [-0.39, 0.29) is 6.04 Å². The van der Waals surface area contributed by atoms with E-state index >= 15 is 0 Å². The number of rotatable bonds is 5. The van der Waals surface area contributed by atoms with Crippen LogP contribution in [0.5, 0.6) is 0 Å². The molecule has 0 aromatic carbocycles. The number of piperidine rings is 1. The lowest BCUT2D eigenvalue weighted by atomic mass is 9.96. The largest absolute Gasteiger partial charge is 0.330 e. The lowest BCUT2D eigenvalue weighted by molar-refractivity contribution is 0.272. The van der Waals surface area contributed by atoms with Crippen LogP contribution in [-0.4, -0.2) is 49.9 Å². The van der Waals surface area contributed by atoms with E-state index in [0.29, 0.717) is 30.8 Å². The normalized spacial score (nSPS) is 30.5. The summed E-state index contributed by atoms with van der Waals surface area (Å²) in [4.78, 5) is 0. The predicted molar refractivity (Wildman–Crippen MR) is 85.0 cm³/mol. The van der Waals surface area contributed by atoms with E-state index in [1.54, 1.807) is 4.31 Å². The van der Waals surface area contributed by atoms with Crippen molar-refractivity contribution in [3.63, 3.8) is 0 Å². The van der Waals surface area contributed by atoms with E-state index < -0.39 is 10.2 Å². The molecule has 1 aliphatic heterocycles. The summed E-state index contributed by atoms with van der Waals surface area (Å²) in [6.45, 7) is 1.88. The molecule has 5 nitrogen and oxygen atoms in total. The fourth-order valence-electron chi connectivity index (χ4n) is 3.14. The molecule has 7 heteroatoms. The van der Waals surface area contributed by atoms with Crippen molar-refractivity contribution in [1.82, 2.24) is 9.03 Å². The molecule has 118 valence electrons. The van der Waals surface area contributed by atoms with Crippen LogP contribution in [-0.2, 0) is 10.2 Å². The van der Waals surface area contributed by atoms with Crippen molar-refractivity contribution in [3.8, 4) is 0 Å². The highest BCUT2D eigenvalue weighted by molar-refractivity contribution is 7.99. The van der Waals surface area contributed by atoms with Gasteiger partial charge < -0.3 is 5.73 Å².